The number of aliphatic hydroxyl groups excluding tert-OH is 1. The van der Waals surface area contributed by atoms with E-state index in [4.69, 9.17) is 5.73 Å². The number of carbonyl (C=O) groups excluding carboxylic acids is 1. The van der Waals surface area contributed by atoms with Crippen LogP contribution in [0.5, 0.6) is 0 Å². The number of hydrazone groups is 1. The van der Waals surface area contributed by atoms with Crippen LogP contribution in [0.1, 0.15) is 12.0 Å². The SMILES string of the molecule is Nc1cccc(C2=NNC(=O)CC2CO)c1. The molecule has 16 heavy (non-hydrogen) atoms. The number of hydrogen-bond donors (Lipinski definition) is 3. The summed E-state index contributed by atoms with van der Waals surface area (Å²) in [4.78, 5) is 11.1. The first kappa shape index (κ1) is 10.6. The van der Waals surface area contributed by atoms with Crippen LogP contribution >= 0.6 is 0 Å². The zero-order valence-electron chi connectivity index (χ0n) is 8.68. The third-order valence-corrected chi connectivity index (χ3v) is 2.52. The van der Waals surface area contributed by atoms with Crippen LogP contribution in [0.4, 0.5) is 5.69 Å². The zero-order valence-corrected chi connectivity index (χ0v) is 8.68. The van der Waals surface area contributed by atoms with Crippen molar-refractivity contribution < 1.29 is 9.90 Å². The van der Waals surface area contributed by atoms with E-state index in [-0.39, 0.29) is 24.9 Å². The van der Waals surface area contributed by atoms with Crippen LogP contribution in [-0.2, 0) is 4.79 Å². The Hall–Kier alpha value is -1.88. The van der Waals surface area contributed by atoms with Crippen LogP contribution in [0, 0.1) is 5.92 Å². The van der Waals surface area contributed by atoms with Crippen LogP contribution in [0.15, 0.2) is 29.4 Å². The molecule has 1 aromatic rings. The number of carbonyl (C=O) groups is 1. The Bertz CT molecular complexity index is 443. The van der Waals surface area contributed by atoms with Gasteiger partial charge in [-0.15, -0.1) is 0 Å². The van der Waals surface area contributed by atoms with Crippen molar-refractivity contribution in [3.8, 4) is 0 Å². The van der Waals surface area contributed by atoms with E-state index < -0.39 is 0 Å². The average molecular weight is 219 g/mol. The molecule has 0 saturated heterocycles. The number of nitrogens with one attached hydrogen (secondary N) is 1. The smallest absolute Gasteiger partial charge is 0.240 e. The normalized spacial score (nSPS) is 20.2. The van der Waals surface area contributed by atoms with Gasteiger partial charge in [0.25, 0.3) is 0 Å². The Kier molecular flexibility index (Phi) is 2.87. The maximum atomic E-state index is 11.1. The molecule has 1 atom stereocenters. The minimum absolute atomic E-state index is 0.0962. The topological polar surface area (TPSA) is 87.7 Å². The van der Waals surface area contributed by atoms with Crippen LogP contribution in [0.2, 0.25) is 0 Å². The van der Waals surface area contributed by atoms with Gasteiger partial charge in [0.1, 0.15) is 0 Å². The second kappa shape index (κ2) is 4.32. The van der Waals surface area contributed by atoms with Gasteiger partial charge >= 0.3 is 0 Å². The van der Waals surface area contributed by atoms with Gasteiger partial charge in [-0.05, 0) is 12.1 Å². The van der Waals surface area contributed by atoms with Crippen molar-refractivity contribution in [1.29, 1.82) is 0 Å². The first-order valence-electron chi connectivity index (χ1n) is 5.04. The summed E-state index contributed by atoms with van der Waals surface area (Å²) in [6, 6.07) is 7.23. The van der Waals surface area contributed by atoms with E-state index in [2.05, 4.69) is 10.5 Å². The predicted octanol–water partition coefficient (Wildman–Crippen LogP) is 0.101. The molecule has 0 aromatic heterocycles. The van der Waals surface area contributed by atoms with Gasteiger partial charge in [-0.1, -0.05) is 12.1 Å². The molecule has 1 heterocycles. The number of amides is 1. The van der Waals surface area contributed by atoms with E-state index in [0.717, 1.165) is 5.56 Å². The van der Waals surface area contributed by atoms with Crippen molar-refractivity contribution in [2.24, 2.45) is 11.0 Å². The van der Waals surface area contributed by atoms with Crippen molar-refractivity contribution in [3.05, 3.63) is 29.8 Å². The van der Waals surface area contributed by atoms with Crippen molar-refractivity contribution in [2.75, 3.05) is 12.3 Å². The molecule has 0 radical (unpaired) electrons. The van der Waals surface area contributed by atoms with Gasteiger partial charge in [0.2, 0.25) is 5.91 Å². The summed E-state index contributed by atoms with van der Waals surface area (Å²) in [6.45, 7) is -0.0962. The van der Waals surface area contributed by atoms with Gasteiger partial charge in [-0.2, -0.15) is 5.10 Å². The Morgan fingerprint density at radius 3 is 3.06 bits per heavy atom. The van der Waals surface area contributed by atoms with E-state index >= 15 is 0 Å². The van der Waals surface area contributed by atoms with E-state index in [0.29, 0.717) is 11.4 Å². The molecule has 0 aliphatic carbocycles. The molecule has 0 spiro atoms. The molecule has 2 rings (SSSR count). The third-order valence-electron chi connectivity index (χ3n) is 2.52. The van der Waals surface area contributed by atoms with Gasteiger partial charge in [0.15, 0.2) is 0 Å². The van der Waals surface area contributed by atoms with E-state index in [1.165, 1.54) is 0 Å². The van der Waals surface area contributed by atoms with Crippen LogP contribution < -0.4 is 11.2 Å². The molecule has 84 valence electrons. The lowest BCUT2D eigenvalue weighted by Gasteiger charge is -2.21. The molecule has 1 unspecified atom stereocenters. The highest BCUT2D eigenvalue weighted by atomic mass is 16.3. The van der Waals surface area contributed by atoms with Crippen molar-refractivity contribution in [2.45, 2.75) is 6.42 Å². The van der Waals surface area contributed by atoms with Gasteiger partial charge in [0.05, 0.1) is 12.3 Å². The Labute approximate surface area is 93.0 Å². The lowest BCUT2D eigenvalue weighted by Crippen LogP contribution is -2.35. The highest BCUT2D eigenvalue weighted by Crippen LogP contribution is 2.18. The lowest BCUT2D eigenvalue weighted by molar-refractivity contribution is -0.122. The molecule has 1 aromatic carbocycles. The second-order valence-corrected chi connectivity index (χ2v) is 3.74. The molecule has 4 N–H and O–H groups in total. The molecule has 5 heteroatoms. The van der Waals surface area contributed by atoms with Crippen LogP contribution in [0.3, 0.4) is 0 Å². The molecule has 1 aliphatic heterocycles. The first-order valence-corrected chi connectivity index (χ1v) is 5.04. The van der Waals surface area contributed by atoms with Gasteiger partial charge in [0, 0.05) is 23.6 Å². The molecular weight excluding hydrogens is 206 g/mol. The van der Waals surface area contributed by atoms with E-state index in [1.54, 1.807) is 12.1 Å². The largest absolute Gasteiger partial charge is 0.399 e. The molecule has 0 fully saturated rings. The van der Waals surface area contributed by atoms with Crippen molar-refractivity contribution >= 4 is 17.3 Å². The summed E-state index contributed by atoms with van der Waals surface area (Å²) < 4.78 is 0. The number of nitrogens with zero attached hydrogens (tertiary/aromatic N) is 1. The minimum Gasteiger partial charge on any atom is -0.399 e. The van der Waals surface area contributed by atoms with Gasteiger partial charge in [-0.3, -0.25) is 4.79 Å². The highest BCUT2D eigenvalue weighted by molar-refractivity contribution is 6.06. The first-order chi connectivity index (χ1) is 7.70. The van der Waals surface area contributed by atoms with E-state index in [9.17, 15) is 9.90 Å². The summed E-state index contributed by atoms with van der Waals surface area (Å²) >= 11 is 0. The second-order valence-electron chi connectivity index (χ2n) is 3.74. The maximum Gasteiger partial charge on any atom is 0.240 e. The number of aliphatic hydroxyl groups is 1. The molecule has 1 aliphatic rings. The molecular formula is C11H13N3O2. The Morgan fingerprint density at radius 2 is 2.38 bits per heavy atom. The zero-order chi connectivity index (χ0) is 11.5. The minimum atomic E-state index is -0.254. The quantitative estimate of drug-likeness (QED) is 0.616. The third kappa shape index (κ3) is 2.04. The number of nitrogen functional groups attached to an aromatic ring is 1. The number of nitrogens with two attached hydrogens (primary N) is 1. The Balaban J connectivity index is 2.35. The summed E-state index contributed by atoms with van der Waals surface area (Å²) in [5.74, 6) is -0.428. The lowest BCUT2D eigenvalue weighted by atomic mass is 9.93. The number of benzene rings is 1. The Morgan fingerprint density at radius 1 is 1.56 bits per heavy atom. The maximum absolute atomic E-state index is 11.1. The summed E-state index contributed by atoms with van der Waals surface area (Å²) in [5, 5.41) is 13.2. The summed E-state index contributed by atoms with van der Waals surface area (Å²) in [5.41, 5.74) is 10.2. The van der Waals surface area contributed by atoms with E-state index in [1.807, 2.05) is 12.1 Å². The number of hydrogen-bond acceptors (Lipinski definition) is 4. The fraction of sp³-hybridized carbons (Fsp3) is 0.273. The van der Waals surface area contributed by atoms with Crippen LogP contribution in [0.25, 0.3) is 0 Å². The fourth-order valence-electron chi connectivity index (χ4n) is 1.73. The molecule has 1 amide bonds. The van der Waals surface area contributed by atoms with Gasteiger partial charge < -0.3 is 10.8 Å². The molecule has 0 saturated carbocycles. The standard InChI is InChI=1S/C11H13N3O2/c12-9-3-1-2-7(4-9)11-8(6-15)5-10(16)13-14-11/h1-4,8,15H,5-6,12H2,(H,13,16). The highest BCUT2D eigenvalue weighted by Gasteiger charge is 2.24. The fourth-order valence-corrected chi connectivity index (χ4v) is 1.73. The summed E-state index contributed by atoms with van der Waals surface area (Å²) in [6.07, 6.45) is 0.254. The monoisotopic (exact) mass is 219 g/mol. The predicted molar refractivity (Wildman–Crippen MR) is 60.7 cm³/mol. The van der Waals surface area contributed by atoms with Crippen LogP contribution in [-0.4, -0.2) is 23.3 Å². The number of rotatable bonds is 2. The average Bonchev–Trinajstić information content (AvgIpc) is 2.28. The summed E-state index contributed by atoms with van der Waals surface area (Å²) in [7, 11) is 0. The molecule has 5 nitrogen and oxygen atoms in total. The van der Waals surface area contributed by atoms with Gasteiger partial charge in [-0.25, -0.2) is 5.43 Å². The number of anilines is 1. The van der Waals surface area contributed by atoms with Crippen molar-refractivity contribution in [3.63, 3.8) is 0 Å². The molecule has 0 bridgehead atoms. The van der Waals surface area contributed by atoms with Crippen molar-refractivity contribution in [1.82, 2.24) is 5.43 Å².